The third-order valence-electron chi connectivity index (χ3n) is 2.07. The molecule has 0 bridgehead atoms. The number of halogens is 1. The van der Waals surface area contributed by atoms with E-state index in [1.807, 2.05) is 19.1 Å². The van der Waals surface area contributed by atoms with Crippen molar-refractivity contribution in [2.24, 2.45) is 11.8 Å². The van der Waals surface area contributed by atoms with E-state index in [1.165, 1.54) is 0 Å². The van der Waals surface area contributed by atoms with Gasteiger partial charge < -0.3 is 0 Å². The van der Waals surface area contributed by atoms with Gasteiger partial charge in [-0.05, 0) is 19.3 Å². The van der Waals surface area contributed by atoms with E-state index in [4.69, 9.17) is 0 Å². The van der Waals surface area contributed by atoms with Gasteiger partial charge in [0.25, 0.3) is 0 Å². The molecule has 0 N–H and O–H groups in total. The zero-order chi connectivity index (χ0) is 8.27. The summed E-state index contributed by atoms with van der Waals surface area (Å²) in [6.07, 6.45) is 3.72. The maximum atomic E-state index is 13.1. The third-order valence-corrected chi connectivity index (χ3v) is 2.07. The van der Waals surface area contributed by atoms with Crippen LogP contribution in [0.2, 0.25) is 0 Å². The van der Waals surface area contributed by atoms with Crippen LogP contribution in [-0.4, -0.2) is 6.17 Å². The highest BCUT2D eigenvalue weighted by atomic mass is 19.1. The quantitative estimate of drug-likeness (QED) is 0.369. The highest BCUT2D eigenvalue weighted by Gasteiger charge is 2.25. The number of alkyl halides is 1. The van der Waals surface area contributed by atoms with Crippen molar-refractivity contribution in [1.29, 1.82) is 0 Å². The summed E-state index contributed by atoms with van der Waals surface area (Å²) in [4.78, 5) is 0. The molecule has 0 aromatic heterocycles. The SMILES string of the molecule is CC#CC1C(C)C=CCC1F. The molecule has 0 spiro atoms. The Bertz CT molecular complexity index is 207. The predicted octanol–water partition coefficient (Wildman–Crippen LogP) is 2.56. The van der Waals surface area contributed by atoms with Crippen LogP contribution in [0.5, 0.6) is 0 Å². The number of hydrogen-bond acceptors (Lipinski definition) is 0. The fourth-order valence-electron chi connectivity index (χ4n) is 1.41. The van der Waals surface area contributed by atoms with E-state index in [0.717, 1.165) is 0 Å². The summed E-state index contributed by atoms with van der Waals surface area (Å²) in [6, 6.07) is 0. The molecule has 1 aliphatic rings. The first-order chi connectivity index (χ1) is 5.25. The second kappa shape index (κ2) is 3.57. The lowest BCUT2D eigenvalue weighted by Gasteiger charge is -2.23. The molecule has 0 aliphatic heterocycles. The largest absolute Gasteiger partial charge is 0.246 e. The summed E-state index contributed by atoms with van der Waals surface area (Å²) in [5, 5.41) is 0. The molecule has 0 fully saturated rings. The smallest absolute Gasteiger partial charge is 0.118 e. The van der Waals surface area contributed by atoms with Gasteiger partial charge in [-0.1, -0.05) is 25.0 Å². The van der Waals surface area contributed by atoms with E-state index in [-0.39, 0.29) is 11.8 Å². The molecule has 1 rings (SSSR count). The van der Waals surface area contributed by atoms with Crippen LogP contribution in [0.4, 0.5) is 4.39 Å². The van der Waals surface area contributed by atoms with E-state index in [9.17, 15) is 4.39 Å². The molecule has 0 nitrogen and oxygen atoms in total. The summed E-state index contributed by atoms with van der Waals surface area (Å²) in [5.74, 6) is 5.87. The Balaban J connectivity index is 2.72. The molecule has 1 heteroatoms. The number of rotatable bonds is 0. The first kappa shape index (κ1) is 8.33. The molecule has 0 amide bonds. The van der Waals surface area contributed by atoms with E-state index in [1.54, 1.807) is 6.92 Å². The van der Waals surface area contributed by atoms with Crippen LogP contribution < -0.4 is 0 Å². The first-order valence-electron chi connectivity index (χ1n) is 3.98. The average Bonchev–Trinajstić information content (AvgIpc) is 1.97. The summed E-state index contributed by atoms with van der Waals surface area (Å²) in [5.41, 5.74) is 0. The molecule has 0 aromatic rings. The minimum Gasteiger partial charge on any atom is -0.246 e. The molecular weight excluding hydrogens is 139 g/mol. The van der Waals surface area contributed by atoms with Crippen LogP contribution >= 0.6 is 0 Å². The molecule has 0 radical (unpaired) electrons. The standard InChI is InChI=1S/C10H13F/c1-3-5-9-8(2)6-4-7-10(9)11/h4,6,8-10H,7H2,1-2H3. The number of allylic oxidation sites excluding steroid dienone is 2. The van der Waals surface area contributed by atoms with Crippen LogP contribution in [0.1, 0.15) is 20.3 Å². The highest BCUT2D eigenvalue weighted by Crippen LogP contribution is 2.26. The first-order valence-corrected chi connectivity index (χ1v) is 3.98. The van der Waals surface area contributed by atoms with Gasteiger partial charge in [-0.2, -0.15) is 0 Å². The van der Waals surface area contributed by atoms with Gasteiger partial charge in [0.15, 0.2) is 0 Å². The maximum Gasteiger partial charge on any atom is 0.118 e. The van der Waals surface area contributed by atoms with Crippen molar-refractivity contribution in [3.63, 3.8) is 0 Å². The Kier molecular flexibility index (Phi) is 2.70. The lowest BCUT2D eigenvalue weighted by molar-refractivity contribution is 0.230. The Morgan fingerprint density at radius 2 is 2.27 bits per heavy atom. The van der Waals surface area contributed by atoms with Crippen molar-refractivity contribution in [2.75, 3.05) is 0 Å². The molecule has 1 aliphatic carbocycles. The molecule has 0 aromatic carbocycles. The van der Waals surface area contributed by atoms with Gasteiger partial charge in [0, 0.05) is 0 Å². The number of hydrogen-bond donors (Lipinski definition) is 0. The topological polar surface area (TPSA) is 0 Å². The van der Waals surface area contributed by atoms with Crippen molar-refractivity contribution in [3.05, 3.63) is 12.2 Å². The van der Waals surface area contributed by atoms with Gasteiger partial charge in [0.05, 0.1) is 5.92 Å². The van der Waals surface area contributed by atoms with Crippen molar-refractivity contribution in [3.8, 4) is 11.8 Å². The molecule has 11 heavy (non-hydrogen) atoms. The second-order valence-corrected chi connectivity index (χ2v) is 2.96. The molecule has 0 saturated carbocycles. The Hall–Kier alpha value is -0.770. The van der Waals surface area contributed by atoms with Crippen molar-refractivity contribution >= 4 is 0 Å². The van der Waals surface area contributed by atoms with Crippen LogP contribution in [0.15, 0.2) is 12.2 Å². The minimum absolute atomic E-state index is 0.0787. The third kappa shape index (κ3) is 1.83. The van der Waals surface area contributed by atoms with E-state index in [0.29, 0.717) is 6.42 Å². The monoisotopic (exact) mass is 152 g/mol. The Labute approximate surface area is 67.5 Å². The second-order valence-electron chi connectivity index (χ2n) is 2.96. The predicted molar refractivity (Wildman–Crippen MR) is 44.8 cm³/mol. The van der Waals surface area contributed by atoms with Crippen LogP contribution in [0.3, 0.4) is 0 Å². The van der Waals surface area contributed by atoms with E-state index >= 15 is 0 Å². The highest BCUT2D eigenvalue weighted by molar-refractivity contribution is 5.12. The van der Waals surface area contributed by atoms with Gasteiger partial charge >= 0.3 is 0 Å². The zero-order valence-electron chi connectivity index (χ0n) is 6.97. The lowest BCUT2D eigenvalue weighted by Crippen LogP contribution is -2.23. The van der Waals surface area contributed by atoms with Crippen LogP contribution in [0.25, 0.3) is 0 Å². The zero-order valence-corrected chi connectivity index (χ0v) is 6.97. The van der Waals surface area contributed by atoms with Crippen molar-refractivity contribution in [1.82, 2.24) is 0 Å². The van der Waals surface area contributed by atoms with Crippen LogP contribution in [0, 0.1) is 23.7 Å². The molecule has 0 heterocycles. The molecule has 0 saturated heterocycles. The minimum atomic E-state index is -0.762. The van der Waals surface area contributed by atoms with Gasteiger partial charge in [-0.3, -0.25) is 0 Å². The van der Waals surface area contributed by atoms with E-state index in [2.05, 4.69) is 11.8 Å². The molecule has 3 atom stereocenters. The fraction of sp³-hybridized carbons (Fsp3) is 0.600. The fourth-order valence-corrected chi connectivity index (χ4v) is 1.41. The van der Waals surface area contributed by atoms with Crippen LogP contribution in [-0.2, 0) is 0 Å². The lowest BCUT2D eigenvalue weighted by atomic mass is 9.84. The summed E-state index contributed by atoms with van der Waals surface area (Å²) in [6.45, 7) is 3.77. The molecule has 3 unspecified atom stereocenters. The van der Waals surface area contributed by atoms with E-state index < -0.39 is 6.17 Å². The van der Waals surface area contributed by atoms with Crippen molar-refractivity contribution in [2.45, 2.75) is 26.4 Å². The Morgan fingerprint density at radius 3 is 2.82 bits per heavy atom. The summed E-state index contributed by atoms with van der Waals surface area (Å²) < 4.78 is 13.1. The van der Waals surface area contributed by atoms with Gasteiger partial charge in [0.2, 0.25) is 0 Å². The van der Waals surface area contributed by atoms with Gasteiger partial charge in [-0.15, -0.1) is 5.92 Å². The average molecular weight is 152 g/mol. The Morgan fingerprint density at radius 1 is 1.55 bits per heavy atom. The molecular formula is C10H13F. The van der Waals surface area contributed by atoms with Gasteiger partial charge in [0.1, 0.15) is 6.17 Å². The summed E-state index contributed by atoms with van der Waals surface area (Å²) in [7, 11) is 0. The molecule has 60 valence electrons. The normalized spacial score (nSPS) is 36.1. The van der Waals surface area contributed by atoms with Crippen molar-refractivity contribution < 1.29 is 4.39 Å². The van der Waals surface area contributed by atoms with Gasteiger partial charge in [-0.25, -0.2) is 4.39 Å². The summed E-state index contributed by atoms with van der Waals surface area (Å²) >= 11 is 0. The maximum absolute atomic E-state index is 13.1.